The second-order valence-corrected chi connectivity index (χ2v) is 5.75. The minimum Gasteiger partial charge on any atom is -0.497 e. The van der Waals surface area contributed by atoms with Crippen LogP contribution in [-0.2, 0) is 0 Å². The van der Waals surface area contributed by atoms with Crippen LogP contribution in [0.5, 0.6) is 5.75 Å². The molecule has 0 aliphatic rings. The fourth-order valence-electron chi connectivity index (χ4n) is 2.84. The third-order valence-corrected chi connectivity index (χ3v) is 4.07. The van der Waals surface area contributed by atoms with E-state index in [9.17, 15) is 14.3 Å². The van der Waals surface area contributed by atoms with Crippen LogP contribution in [0.25, 0.3) is 28.0 Å². The van der Waals surface area contributed by atoms with E-state index in [2.05, 4.69) is 15.1 Å². The topological polar surface area (TPSA) is 90.1 Å². The molecule has 0 bridgehead atoms. The lowest BCUT2D eigenvalue weighted by Gasteiger charge is -2.07. The number of halogens is 1. The minimum absolute atomic E-state index is 0.129. The zero-order valence-electron chi connectivity index (χ0n) is 14.1. The Hall–Kier alpha value is -3.81. The van der Waals surface area contributed by atoms with E-state index in [4.69, 9.17) is 4.74 Å². The Bertz CT molecular complexity index is 1160. The van der Waals surface area contributed by atoms with E-state index >= 15 is 0 Å². The van der Waals surface area contributed by atoms with Gasteiger partial charge in [-0.3, -0.25) is 0 Å². The Balaban J connectivity index is 1.79. The van der Waals surface area contributed by atoms with Crippen molar-refractivity contribution in [3.8, 4) is 22.8 Å². The van der Waals surface area contributed by atoms with Crippen LogP contribution in [0.3, 0.4) is 0 Å². The molecule has 0 fully saturated rings. The molecule has 4 aromatic rings. The van der Waals surface area contributed by atoms with Crippen molar-refractivity contribution in [1.82, 2.24) is 19.7 Å². The third kappa shape index (κ3) is 2.97. The van der Waals surface area contributed by atoms with Gasteiger partial charge in [-0.05, 0) is 18.2 Å². The van der Waals surface area contributed by atoms with Gasteiger partial charge < -0.3 is 9.84 Å². The normalized spacial score (nSPS) is 10.9. The highest BCUT2D eigenvalue weighted by molar-refractivity contribution is 6.02. The summed E-state index contributed by atoms with van der Waals surface area (Å²) >= 11 is 0. The number of hydrogen-bond donors (Lipinski definition) is 1. The first-order valence-corrected chi connectivity index (χ1v) is 7.94. The van der Waals surface area contributed by atoms with Gasteiger partial charge in [-0.15, -0.1) is 0 Å². The molecular weight excluding hydrogens is 351 g/mol. The molecule has 0 saturated carbocycles. The molecule has 7 nitrogen and oxygen atoms in total. The summed E-state index contributed by atoms with van der Waals surface area (Å²) in [6, 6.07) is 9.15. The van der Waals surface area contributed by atoms with Crippen LogP contribution in [0.15, 0.2) is 55.0 Å². The number of ether oxygens (including phenoxy) is 1. The predicted octanol–water partition coefficient (Wildman–Crippen LogP) is 3.33. The van der Waals surface area contributed by atoms with Crippen LogP contribution in [0.1, 0.15) is 10.4 Å². The first-order chi connectivity index (χ1) is 13.1. The van der Waals surface area contributed by atoms with Gasteiger partial charge in [0, 0.05) is 17.0 Å². The Kier molecular flexibility index (Phi) is 4.00. The summed E-state index contributed by atoms with van der Waals surface area (Å²) in [7, 11) is 1.45. The molecule has 2 heterocycles. The maximum absolute atomic E-state index is 13.7. The van der Waals surface area contributed by atoms with E-state index < -0.39 is 11.8 Å². The molecule has 0 aliphatic heterocycles. The Labute approximate surface area is 152 Å². The quantitative estimate of drug-likeness (QED) is 0.597. The lowest BCUT2D eigenvalue weighted by atomic mass is 10.1. The van der Waals surface area contributed by atoms with Crippen LogP contribution in [0.2, 0.25) is 0 Å². The largest absolute Gasteiger partial charge is 0.497 e. The summed E-state index contributed by atoms with van der Waals surface area (Å²) in [6.45, 7) is 0. The average molecular weight is 364 g/mol. The molecule has 134 valence electrons. The average Bonchev–Trinajstić information content (AvgIpc) is 3.11. The van der Waals surface area contributed by atoms with Gasteiger partial charge in [0.15, 0.2) is 5.82 Å². The van der Waals surface area contributed by atoms with E-state index in [1.807, 2.05) is 0 Å². The predicted molar refractivity (Wildman–Crippen MR) is 95.6 cm³/mol. The van der Waals surface area contributed by atoms with Crippen LogP contribution in [0.4, 0.5) is 4.39 Å². The van der Waals surface area contributed by atoms with Crippen molar-refractivity contribution in [3.05, 3.63) is 66.4 Å². The number of hydrogen-bond acceptors (Lipinski definition) is 5. The van der Waals surface area contributed by atoms with Gasteiger partial charge in [0.05, 0.1) is 36.8 Å². The van der Waals surface area contributed by atoms with Crippen LogP contribution < -0.4 is 4.74 Å². The van der Waals surface area contributed by atoms with E-state index in [0.717, 1.165) is 0 Å². The van der Waals surface area contributed by atoms with Crippen LogP contribution in [-0.4, -0.2) is 37.9 Å². The highest BCUT2D eigenvalue weighted by atomic mass is 19.1. The van der Waals surface area contributed by atoms with Gasteiger partial charge >= 0.3 is 5.97 Å². The minimum atomic E-state index is -1.05. The molecule has 0 saturated heterocycles. The summed E-state index contributed by atoms with van der Waals surface area (Å²) < 4.78 is 20.2. The summed E-state index contributed by atoms with van der Waals surface area (Å²) in [5, 5.41) is 14.4. The number of para-hydroxylation sites is 1. The monoisotopic (exact) mass is 364 g/mol. The highest BCUT2D eigenvalue weighted by Gasteiger charge is 2.15. The number of carboxylic acids is 1. The number of aromatic nitrogens is 4. The molecule has 0 unspecified atom stereocenters. The van der Waals surface area contributed by atoms with Gasteiger partial charge in [-0.2, -0.15) is 5.10 Å². The molecule has 0 amide bonds. The zero-order chi connectivity index (χ0) is 19.0. The molecule has 0 aliphatic carbocycles. The molecular formula is C19H13FN4O3. The first-order valence-electron chi connectivity index (χ1n) is 7.94. The van der Waals surface area contributed by atoms with Crippen molar-refractivity contribution in [2.24, 2.45) is 0 Å². The number of rotatable bonds is 4. The van der Waals surface area contributed by atoms with E-state index in [1.54, 1.807) is 24.4 Å². The van der Waals surface area contributed by atoms with E-state index in [-0.39, 0.29) is 5.56 Å². The van der Waals surface area contributed by atoms with Crippen molar-refractivity contribution >= 4 is 16.9 Å². The smallest absolute Gasteiger partial charge is 0.337 e. The van der Waals surface area contributed by atoms with Crippen LogP contribution in [0, 0.1) is 5.82 Å². The highest BCUT2D eigenvalue weighted by Crippen LogP contribution is 2.25. The Morgan fingerprint density at radius 3 is 2.63 bits per heavy atom. The van der Waals surface area contributed by atoms with Gasteiger partial charge in [0.25, 0.3) is 0 Å². The number of benzene rings is 2. The lowest BCUT2D eigenvalue weighted by molar-refractivity contribution is 0.0698. The lowest BCUT2D eigenvalue weighted by Crippen LogP contribution is -2.04. The SMILES string of the molecule is COc1cc(F)cc(-c2ncc(-n3ncc4cccc(C(=O)O)c43)cn2)c1. The number of carboxylic acid groups (broad SMARTS) is 1. The van der Waals surface area contributed by atoms with Crippen molar-refractivity contribution in [2.75, 3.05) is 7.11 Å². The van der Waals surface area contributed by atoms with Gasteiger partial charge in [-0.1, -0.05) is 12.1 Å². The second kappa shape index (κ2) is 6.49. The summed E-state index contributed by atoms with van der Waals surface area (Å²) in [4.78, 5) is 20.0. The van der Waals surface area contributed by atoms with Gasteiger partial charge in [0.2, 0.25) is 0 Å². The third-order valence-electron chi connectivity index (χ3n) is 4.07. The number of fused-ring (bicyclic) bond motifs is 1. The molecule has 0 radical (unpaired) electrons. The van der Waals surface area contributed by atoms with Gasteiger partial charge in [-0.25, -0.2) is 23.8 Å². The second-order valence-electron chi connectivity index (χ2n) is 5.75. The maximum Gasteiger partial charge on any atom is 0.337 e. The fourth-order valence-corrected chi connectivity index (χ4v) is 2.84. The van der Waals surface area contributed by atoms with E-state index in [1.165, 1.54) is 42.4 Å². The molecule has 8 heteroatoms. The van der Waals surface area contributed by atoms with Crippen LogP contribution >= 0.6 is 0 Å². The maximum atomic E-state index is 13.7. The van der Waals surface area contributed by atoms with E-state index in [0.29, 0.717) is 33.7 Å². The standard InChI is InChI=1S/C19H13FN4O3/c1-27-15-6-12(5-13(20)7-15)18-21-9-14(10-22-18)24-17-11(8-23-24)3-2-4-16(17)19(25)26/h2-10H,1H3,(H,25,26). The molecule has 27 heavy (non-hydrogen) atoms. The summed E-state index contributed by atoms with van der Waals surface area (Å²) in [6.07, 6.45) is 4.59. The van der Waals surface area contributed by atoms with Crippen molar-refractivity contribution in [2.45, 2.75) is 0 Å². The first kappa shape index (κ1) is 16.6. The molecule has 2 aromatic carbocycles. The summed E-state index contributed by atoms with van der Waals surface area (Å²) in [5.74, 6) is -0.832. The van der Waals surface area contributed by atoms with Crippen molar-refractivity contribution in [3.63, 3.8) is 0 Å². The Morgan fingerprint density at radius 1 is 1.15 bits per heavy atom. The fraction of sp³-hybridized carbons (Fsp3) is 0.0526. The number of aromatic carboxylic acids is 1. The Morgan fingerprint density at radius 2 is 1.93 bits per heavy atom. The number of carbonyl (C=O) groups is 1. The zero-order valence-corrected chi connectivity index (χ0v) is 14.1. The van der Waals surface area contributed by atoms with Gasteiger partial charge in [0.1, 0.15) is 17.3 Å². The van der Waals surface area contributed by atoms with Crippen molar-refractivity contribution < 1.29 is 19.0 Å². The molecule has 0 atom stereocenters. The number of methoxy groups -OCH3 is 1. The number of nitrogens with zero attached hydrogens (tertiary/aromatic N) is 4. The molecule has 1 N–H and O–H groups in total. The summed E-state index contributed by atoms with van der Waals surface area (Å²) in [5.41, 5.74) is 1.54. The molecule has 0 spiro atoms. The molecule has 4 rings (SSSR count). The molecule has 2 aromatic heterocycles. The van der Waals surface area contributed by atoms with Crippen molar-refractivity contribution in [1.29, 1.82) is 0 Å².